The fourth-order valence-electron chi connectivity index (χ4n) is 11.3. The van der Waals surface area contributed by atoms with Crippen molar-refractivity contribution >= 4 is 5.97 Å². The molecular formula is C32H53N2O4+. The van der Waals surface area contributed by atoms with Crippen LogP contribution in [0, 0.1) is 34.5 Å². The average Bonchev–Trinajstić information content (AvgIpc) is 3.48. The molecule has 2 saturated heterocycles. The summed E-state index contributed by atoms with van der Waals surface area (Å²) in [6.45, 7) is 17.7. The predicted molar refractivity (Wildman–Crippen MR) is 148 cm³/mol. The zero-order chi connectivity index (χ0) is 26.7. The fourth-order valence-corrected chi connectivity index (χ4v) is 11.3. The number of rotatable bonds is 5. The molecule has 6 nitrogen and oxygen atoms in total. The first-order chi connectivity index (χ1) is 18.2. The lowest BCUT2D eigenvalue weighted by Gasteiger charge is -2.62. The first-order valence-electron chi connectivity index (χ1n) is 15.9. The van der Waals surface area contributed by atoms with Crippen LogP contribution in [0.25, 0.3) is 0 Å². The first-order valence-corrected chi connectivity index (χ1v) is 15.9. The largest absolute Gasteiger partial charge is 0.456 e. The maximum Gasteiger partial charge on any atom is 0.303 e. The summed E-state index contributed by atoms with van der Waals surface area (Å²) in [7, 11) is 0. The number of aliphatic hydroxyl groups is 1. The van der Waals surface area contributed by atoms with E-state index in [4.69, 9.17) is 9.47 Å². The number of likely N-dealkylation sites (tertiary alicyclic amines) is 1. The van der Waals surface area contributed by atoms with Gasteiger partial charge in [0, 0.05) is 50.7 Å². The smallest absolute Gasteiger partial charge is 0.303 e. The van der Waals surface area contributed by atoms with E-state index in [1.165, 1.54) is 51.6 Å². The maximum atomic E-state index is 12.5. The van der Waals surface area contributed by atoms with Crippen molar-refractivity contribution in [2.24, 2.45) is 34.5 Å². The lowest BCUT2D eigenvalue weighted by Crippen LogP contribution is -2.61. The van der Waals surface area contributed by atoms with E-state index in [9.17, 15) is 9.90 Å². The van der Waals surface area contributed by atoms with Gasteiger partial charge in [0.05, 0.1) is 39.0 Å². The first kappa shape index (κ1) is 27.2. The van der Waals surface area contributed by atoms with E-state index in [2.05, 4.69) is 31.4 Å². The highest BCUT2D eigenvalue weighted by Gasteiger charge is 2.67. The van der Waals surface area contributed by atoms with Crippen LogP contribution >= 0.6 is 0 Å². The molecule has 0 aromatic rings. The normalized spacial score (nSPS) is 48.5. The van der Waals surface area contributed by atoms with E-state index < -0.39 is 0 Å². The number of fused-ring (bicyclic) bond motifs is 5. The molecule has 1 N–H and O–H groups in total. The molecule has 6 rings (SSSR count). The summed E-state index contributed by atoms with van der Waals surface area (Å²) in [6, 6.07) is 0.663. The molecule has 0 bridgehead atoms. The van der Waals surface area contributed by atoms with Crippen LogP contribution in [0.3, 0.4) is 0 Å². The molecule has 0 amide bonds. The van der Waals surface area contributed by atoms with Crippen molar-refractivity contribution in [3.8, 4) is 0 Å². The Labute approximate surface area is 230 Å². The molecule has 6 heteroatoms. The molecule has 0 aromatic carbocycles. The molecular weight excluding hydrogens is 476 g/mol. The Hall–Kier alpha value is -0.950. The number of carbonyl (C=O) groups excluding carboxylic acids is 1. The van der Waals surface area contributed by atoms with Gasteiger partial charge in [-0.2, -0.15) is 0 Å². The molecule has 38 heavy (non-hydrogen) atoms. The monoisotopic (exact) mass is 529 g/mol. The third-order valence-electron chi connectivity index (χ3n) is 13.1. The fraction of sp³-hybridized carbons (Fsp3) is 0.906. The minimum absolute atomic E-state index is 0.0174. The molecule has 2 aliphatic heterocycles. The van der Waals surface area contributed by atoms with E-state index in [0.29, 0.717) is 29.7 Å². The predicted octanol–water partition coefficient (Wildman–Crippen LogP) is 4.41. The Balaban J connectivity index is 1.30. The van der Waals surface area contributed by atoms with Crippen LogP contribution in [-0.4, -0.2) is 90.7 Å². The third-order valence-corrected chi connectivity index (χ3v) is 13.1. The van der Waals surface area contributed by atoms with Gasteiger partial charge >= 0.3 is 5.97 Å². The van der Waals surface area contributed by atoms with Crippen LogP contribution in [0.2, 0.25) is 0 Å². The van der Waals surface area contributed by atoms with Crippen LogP contribution in [0.1, 0.15) is 78.6 Å². The van der Waals surface area contributed by atoms with Crippen LogP contribution in [0.5, 0.6) is 0 Å². The minimum Gasteiger partial charge on any atom is -0.456 e. The van der Waals surface area contributed by atoms with Gasteiger partial charge in [-0.3, -0.25) is 9.69 Å². The maximum absolute atomic E-state index is 12.5. The van der Waals surface area contributed by atoms with Gasteiger partial charge in [0.15, 0.2) is 6.10 Å². The van der Waals surface area contributed by atoms with Crippen molar-refractivity contribution in [3.63, 3.8) is 0 Å². The van der Waals surface area contributed by atoms with Crippen LogP contribution in [0.4, 0.5) is 0 Å². The molecule has 0 unspecified atom stereocenters. The van der Waals surface area contributed by atoms with E-state index in [1.54, 1.807) is 6.92 Å². The highest BCUT2D eigenvalue weighted by Crippen LogP contribution is 2.67. The summed E-state index contributed by atoms with van der Waals surface area (Å²) in [6.07, 6.45) is 12.7. The molecule has 4 saturated carbocycles. The number of hydrogen-bond donors (Lipinski definition) is 1. The molecule has 4 aliphatic carbocycles. The topological polar surface area (TPSA) is 59.0 Å². The number of morpholine rings is 1. The summed E-state index contributed by atoms with van der Waals surface area (Å²) < 4.78 is 13.1. The second-order valence-electron chi connectivity index (χ2n) is 14.6. The zero-order valence-corrected chi connectivity index (χ0v) is 24.3. The van der Waals surface area contributed by atoms with Crippen molar-refractivity contribution in [2.75, 3.05) is 45.9 Å². The number of quaternary nitrogens is 1. The Morgan fingerprint density at radius 2 is 1.84 bits per heavy atom. The average molecular weight is 530 g/mol. The van der Waals surface area contributed by atoms with Gasteiger partial charge in [0.1, 0.15) is 6.04 Å². The Bertz CT molecular complexity index is 898. The van der Waals surface area contributed by atoms with E-state index in [1.807, 2.05) is 0 Å². The standard InChI is InChI=1S/C32H53N2O4/c1-5-14-34(15-6-7-16-34)28-20-26-24-9-8-23-19-29(36)27(33-12-17-37-18-13-33)21-32(23,4)25(24)10-11-31(26,3)30(28)38-22(2)35/h5,23-30,36H,1,6-21H2,2-4H3/q+1/t23-,24+,25-,26-,27-,28-,29+,30+,31-,32-/m0/s1. The van der Waals surface area contributed by atoms with E-state index in [-0.39, 0.29) is 35.0 Å². The summed E-state index contributed by atoms with van der Waals surface area (Å²) in [4.78, 5) is 15.0. The minimum atomic E-state index is -0.209. The van der Waals surface area contributed by atoms with Gasteiger partial charge in [0.2, 0.25) is 0 Å². The molecule has 214 valence electrons. The Kier molecular flexibility index (Phi) is 7.27. The summed E-state index contributed by atoms with van der Waals surface area (Å²) in [5.74, 6) is 2.54. The quantitative estimate of drug-likeness (QED) is 0.325. The van der Waals surface area contributed by atoms with Gasteiger partial charge in [-0.05, 0) is 73.7 Å². The van der Waals surface area contributed by atoms with Crippen molar-refractivity contribution in [2.45, 2.75) is 103 Å². The molecule has 10 atom stereocenters. The van der Waals surface area contributed by atoms with Gasteiger partial charge in [-0.1, -0.05) is 20.4 Å². The summed E-state index contributed by atoms with van der Waals surface area (Å²) in [5, 5.41) is 11.3. The van der Waals surface area contributed by atoms with Crippen molar-refractivity contribution in [1.29, 1.82) is 0 Å². The molecule has 0 aromatic heterocycles. The molecule has 0 spiro atoms. The van der Waals surface area contributed by atoms with Gasteiger partial charge < -0.3 is 19.1 Å². The Morgan fingerprint density at radius 1 is 1.11 bits per heavy atom. The van der Waals surface area contributed by atoms with Gasteiger partial charge in [-0.25, -0.2) is 0 Å². The van der Waals surface area contributed by atoms with Crippen molar-refractivity contribution < 1.29 is 23.9 Å². The molecule has 6 aliphatic rings. The van der Waals surface area contributed by atoms with Crippen LogP contribution in [0.15, 0.2) is 12.7 Å². The molecule has 6 fully saturated rings. The highest BCUT2D eigenvalue weighted by molar-refractivity contribution is 5.66. The SMILES string of the molecule is C=CC[N+]1([C@H]2C[C@H]3[C@@H]4CC[C@H]5C[C@@H](O)[C@@H](N6CCOCC6)C[C@]5(C)[C@H]4CC[C@]3(C)[C@@H]2OC(C)=O)CCCC1. The number of ether oxygens (including phenoxy) is 2. The lowest BCUT2D eigenvalue weighted by molar-refractivity contribution is -0.937. The lowest BCUT2D eigenvalue weighted by atomic mass is 9.44. The summed E-state index contributed by atoms with van der Waals surface area (Å²) in [5.41, 5.74) is 0.343. The van der Waals surface area contributed by atoms with Gasteiger partial charge in [-0.15, -0.1) is 0 Å². The number of carbonyl (C=O) groups is 1. The summed E-state index contributed by atoms with van der Waals surface area (Å²) >= 11 is 0. The number of nitrogens with zero attached hydrogens (tertiary/aromatic N) is 2. The molecule has 0 radical (unpaired) electrons. The number of aliphatic hydroxyl groups excluding tert-OH is 1. The third kappa shape index (κ3) is 4.23. The van der Waals surface area contributed by atoms with Crippen LogP contribution in [-0.2, 0) is 14.3 Å². The van der Waals surface area contributed by atoms with E-state index >= 15 is 0 Å². The highest BCUT2D eigenvalue weighted by atomic mass is 16.5. The second-order valence-corrected chi connectivity index (χ2v) is 14.6. The van der Waals surface area contributed by atoms with E-state index in [0.717, 1.165) is 56.6 Å². The number of esters is 1. The second kappa shape index (κ2) is 10.2. The van der Waals surface area contributed by atoms with Crippen molar-refractivity contribution in [3.05, 3.63) is 12.7 Å². The molecule has 2 heterocycles. The zero-order valence-electron chi connectivity index (χ0n) is 24.3. The van der Waals surface area contributed by atoms with Crippen LogP contribution < -0.4 is 0 Å². The number of hydrogen-bond acceptors (Lipinski definition) is 5. The van der Waals surface area contributed by atoms with Gasteiger partial charge in [0.25, 0.3) is 0 Å². The van der Waals surface area contributed by atoms with Crippen molar-refractivity contribution in [1.82, 2.24) is 4.90 Å². The Morgan fingerprint density at radius 3 is 2.53 bits per heavy atom.